The van der Waals surface area contributed by atoms with E-state index in [9.17, 15) is 4.79 Å². The minimum atomic E-state index is -0.253. The third-order valence-electron chi connectivity index (χ3n) is 2.22. The van der Waals surface area contributed by atoms with Crippen LogP contribution in [0, 0.1) is 0 Å². The highest BCUT2D eigenvalue weighted by Crippen LogP contribution is 2.28. The third-order valence-corrected chi connectivity index (χ3v) is 3.44. The molecule has 74 valence electrons. The van der Waals surface area contributed by atoms with Crippen LogP contribution in [0.1, 0.15) is 0 Å². The van der Waals surface area contributed by atoms with Gasteiger partial charge in [-0.3, -0.25) is 4.79 Å². The van der Waals surface area contributed by atoms with Crippen LogP contribution >= 0.6 is 11.8 Å². The van der Waals surface area contributed by atoms with Crippen molar-refractivity contribution in [2.24, 2.45) is 5.73 Å². The lowest BCUT2D eigenvalue weighted by atomic mass is 10.3. The predicted octanol–water partition coefficient (Wildman–Crippen LogP) is 1.05. The molecule has 0 saturated carbocycles. The molecule has 1 aromatic carbocycles. The molecule has 1 amide bonds. The lowest BCUT2D eigenvalue weighted by Gasteiger charge is -2.23. The second-order valence-corrected chi connectivity index (χ2v) is 4.34. The highest BCUT2D eigenvalue weighted by Gasteiger charge is 2.29. The monoisotopic (exact) mass is 208 g/mol. The number of benzene rings is 1. The van der Waals surface area contributed by atoms with Gasteiger partial charge in [-0.25, -0.2) is 0 Å². The fourth-order valence-electron chi connectivity index (χ4n) is 1.59. The molecule has 0 radical (unpaired) electrons. The van der Waals surface area contributed by atoms with Gasteiger partial charge in [-0.05, 0) is 12.1 Å². The van der Waals surface area contributed by atoms with Gasteiger partial charge in [0.2, 0.25) is 0 Å². The highest BCUT2D eigenvalue weighted by atomic mass is 32.2. The summed E-state index contributed by atoms with van der Waals surface area (Å²) in [6.07, 6.45) is 0. The van der Waals surface area contributed by atoms with Crippen molar-refractivity contribution in [2.75, 3.05) is 17.2 Å². The molecule has 0 spiro atoms. The van der Waals surface area contributed by atoms with Crippen LogP contribution in [0.2, 0.25) is 0 Å². The lowest BCUT2D eigenvalue weighted by molar-refractivity contribution is -0.117. The van der Waals surface area contributed by atoms with Crippen LogP contribution in [0.15, 0.2) is 30.3 Å². The maximum Gasteiger partial charge on any atom is 0.250 e. The van der Waals surface area contributed by atoms with Crippen molar-refractivity contribution in [2.45, 2.75) is 5.37 Å². The van der Waals surface area contributed by atoms with Crippen molar-refractivity contribution in [3.8, 4) is 0 Å². The van der Waals surface area contributed by atoms with Gasteiger partial charge >= 0.3 is 0 Å². The molecule has 4 heteroatoms. The summed E-state index contributed by atoms with van der Waals surface area (Å²) in [4.78, 5) is 13.2. The Labute approximate surface area is 87.3 Å². The number of nitrogens with zero attached hydrogens (tertiary/aromatic N) is 1. The second-order valence-electron chi connectivity index (χ2n) is 3.15. The number of anilines is 1. The molecule has 1 saturated heterocycles. The molecular weight excluding hydrogens is 196 g/mol. The molecule has 1 aliphatic heterocycles. The molecule has 0 aromatic heterocycles. The molecule has 2 N–H and O–H groups in total. The van der Waals surface area contributed by atoms with Crippen LogP contribution in [0.3, 0.4) is 0 Å². The van der Waals surface area contributed by atoms with Gasteiger partial charge in [0.05, 0.1) is 0 Å². The Morgan fingerprint density at radius 1 is 1.43 bits per heavy atom. The summed E-state index contributed by atoms with van der Waals surface area (Å²) < 4.78 is 0. The Hall–Kier alpha value is -1.16. The third kappa shape index (κ3) is 1.70. The van der Waals surface area contributed by atoms with Crippen LogP contribution in [-0.2, 0) is 4.79 Å². The summed E-state index contributed by atoms with van der Waals surface area (Å²) >= 11 is 1.60. The Bertz CT molecular complexity index is 328. The van der Waals surface area contributed by atoms with E-state index in [4.69, 9.17) is 5.73 Å². The quantitative estimate of drug-likeness (QED) is 0.790. The first kappa shape index (κ1) is 9.40. The van der Waals surface area contributed by atoms with Gasteiger partial charge in [0.15, 0.2) is 5.37 Å². The summed E-state index contributed by atoms with van der Waals surface area (Å²) in [6, 6.07) is 9.91. The van der Waals surface area contributed by atoms with Crippen molar-refractivity contribution < 1.29 is 4.79 Å². The molecule has 2 rings (SSSR count). The van der Waals surface area contributed by atoms with Gasteiger partial charge < -0.3 is 10.6 Å². The molecule has 3 nitrogen and oxygen atoms in total. The van der Waals surface area contributed by atoms with E-state index in [2.05, 4.69) is 0 Å². The summed E-state index contributed by atoms with van der Waals surface area (Å²) in [5.41, 5.74) is 6.39. The largest absolute Gasteiger partial charge is 0.367 e. The number of carbonyl (C=O) groups excluding carboxylic acids is 1. The smallest absolute Gasteiger partial charge is 0.250 e. The second kappa shape index (κ2) is 3.92. The van der Waals surface area contributed by atoms with Crippen LogP contribution in [0.5, 0.6) is 0 Å². The van der Waals surface area contributed by atoms with E-state index in [1.165, 1.54) is 0 Å². The van der Waals surface area contributed by atoms with Gasteiger partial charge in [-0.15, -0.1) is 11.8 Å². The van der Waals surface area contributed by atoms with Gasteiger partial charge in [0.1, 0.15) is 0 Å². The molecular formula is C10H12N2OS. The summed E-state index contributed by atoms with van der Waals surface area (Å²) in [6.45, 7) is 0.891. The van der Waals surface area contributed by atoms with Crippen LogP contribution in [0.4, 0.5) is 5.69 Å². The molecule has 14 heavy (non-hydrogen) atoms. The Balaban J connectivity index is 2.22. The van der Waals surface area contributed by atoms with E-state index in [0.29, 0.717) is 0 Å². The molecule has 0 bridgehead atoms. The van der Waals surface area contributed by atoms with Crippen molar-refractivity contribution in [3.63, 3.8) is 0 Å². The average Bonchev–Trinajstić information content (AvgIpc) is 2.67. The number of para-hydroxylation sites is 1. The standard InChI is InChI=1S/C10H12N2OS/c11-9(13)10-12(6-7-14-10)8-4-2-1-3-5-8/h1-5,10H,6-7H2,(H2,11,13)/t10-/m0/s1. The van der Waals surface area contributed by atoms with Crippen LogP contribution in [0.25, 0.3) is 0 Å². The maximum atomic E-state index is 11.1. The Morgan fingerprint density at radius 2 is 2.14 bits per heavy atom. The molecule has 0 aliphatic carbocycles. The normalized spacial score (nSPS) is 21.1. The van der Waals surface area contributed by atoms with E-state index in [1.54, 1.807) is 11.8 Å². The van der Waals surface area contributed by atoms with E-state index >= 15 is 0 Å². The lowest BCUT2D eigenvalue weighted by Crippen LogP contribution is -2.38. The first-order chi connectivity index (χ1) is 6.79. The van der Waals surface area contributed by atoms with E-state index in [0.717, 1.165) is 18.0 Å². The topological polar surface area (TPSA) is 46.3 Å². The molecule has 1 aliphatic rings. The molecule has 0 unspecified atom stereocenters. The van der Waals surface area contributed by atoms with E-state index in [1.807, 2.05) is 35.2 Å². The Morgan fingerprint density at radius 3 is 2.79 bits per heavy atom. The first-order valence-corrected chi connectivity index (χ1v) is 5.56. The number of primary amides is 1. The minimum absolute atomic E-state index is 0.197. The summed E-state index contributed by atoms with van der Waals surface area (Å²) in [7, 11) is 0. The molecule has 1 aromatic rings. The molecule has 1 heterocycles. The average molecular weight is 208 g/mol. The maximum absolute atomic E-state index is 11.1. The molecule has 1 atom stereocenters. The predicted molar refractivity (Wildman–Crippen MR) is 59.2 cm³/mol. The fraction of sp³-hybridized carbons (Fsp3) is 0.300. The number of amides is 1. The first-order valence-electron chi connectivity index (χ1n) is 4.51. The SMILES string of the molecule is NC(=O)[C@@H]1SCCN1c1ccccc1. The van der Waals surface area contributed by atoms with Crippen molar-refractivity contribution in [1.82, 2.24) is 0 Å². The number of rotatable bonds is 2. The zero-order valence-electron chi connectivity index (χ0n) is 7.72. The number of hydrogen-bond donors (Lipinski definition) is 1. The van der Waals surface area contributed by atoms with E-state index < -0.39 is 0 Å². The van der Waals surface area contributed by atoms with Crippen molar-refractivity contribution in [3.05, 3.63) is 30.3 Å². The zero-order chi connectivity index (χ0) is 9.97. The van der Waals surface area contributed by atoms with Crippen LogP contribution in [-0.4, -0.2) is 23.6 Å². The van der Waals surface area contributed by atoms with Crippen molar-refractivity contribution in [1.29, 1.82) is 0 Å². The van der Waals surface area contributed by atoms with Crippen LogP contribution < -0.4 is 10.6 Å². The minimum Gasteiger partial charge on any atom is -0.367 e. The van der Waals surface area contributed by atoms with Gasteiger partial charge in [-0.1, -0.05) is 18.2 Å². The molecule has 1 fully saturated rings. The van der Waals surface area contributed by atoms with Crippen molar-refractivity contribution >= 4 is 23.4 Å². The number of carbonyl (C=O) groups is 1. The number of nitrogens with two attached hydrogens (primary N) is 1. The number of hydrogen-bond acceptors (Lipinski definition) is 3. The van der Waals surface area contributed by atoms with Gasteiger partial charge in [0.25, 0.3) is 5.91 Å². The van der Waals surface area contributed by atoms with E-state index in [-0.39, 0.29) is 11.3 Å². The summed E-state index contributed by atoms with van der Waals surface area (Å²) in [5, 5.41) is -0.197. The number of thioether (sulfide) groups is 1. The van der Waals surface area contributed by atoms with Gasteiger partial charge in [-0.2, -0.15) is 0 Å². The fourth-order valence-corrected chi connectivity index (χ4v) is 2.69. The Kier molecular flexibility index (Phi) is 2.63. The zero-order valence-corrected chi connectivity index (χ0v) is 8.54. The van der Waals surface area contributed by atoms with Gasteiger partial charge in [0, 0.05) is 18.0 Å². The summed E-state index contributed by atoms with van der Waals surface area (Å²) in [5.74, 6) is 0.707. The highest BCUT2D eigenvalue weighted by molar-refractivity contribution is 8.01.